The van der Waals surface area contributed by atoms with Gasteiger partial charge in [0, 0.05) is 24.0 Å². The molecule has 2 atom stereocenters. The van der Waals surface area contributed by atoms with Crippen LogP contribution in [0, 0.1) is 11.7 Å². The lowest BCUT2D eigenvalue weighted by atomic mass is 9.86. The molecule has 1 aliphatic rings. The second-order valence-electron chi connectivity index (χ2n) is 5.43. The van der Waals surface area contributed by atoms with Gasteiger partial charge in [0.25, 0.3) is 0 Å². The topological polar surface area (TPSA) is 21.3 Å². The minimum Gasteiger partial charge on any atom is -0.381 e. The maximum atomic E-state index is 13.9. The monoisotopic (exact) mass is 273 g/mol. The molecule has 0 aromatic heterocycles. The minimum atomic E-state index is -0.154. The van der Waals surface area contributed by atoms with Crippen LogP contribution in [0.5, 0.6) is 0 Å². The van der Waals surface area contributed by atoms with Crippen molar-refractivity contribution in [3.8, 4) is 0 Å². The summed E-state index contributed by atoms with van der Waals surface area (Å²) in [7, 11) is 1.97. The van der Waals surface area contributed by atoms with Gasteiger partial charge in [-0.1, -0.05) is 30.3 Å². The van der Waals surface area contributed by atoms with Crippen molar-refractivity contribution in [2.24, 2.45) is 5.92 Å². The highest BCUT2D eigenvalue weighted by Crippen LogP contribution is 2.33. The quantitative estimate of drug-likeness (QED) is 0.921. The van der Waals surface area contributed by atoms with Crippen molar-refractivity contribution in [2.75, 3.05) is 20.3 Å². The molecule has 1 fully saturated rings. The van der Waals surface area contributed by atoms with E-state index < -0.39 is 0 Å². The zero-order valence-corrected chi connectivity index (χ0v) is 11.7. The molecule has 2 nitrogen and oxygen atoms in total. The third-order valence-corrected chi connectivity index (χ3v) is 4.22. The van der Waals surface area contributed by atoms with Crippen molar-refractivity contribution in [2.45, 2.75) is 18.9 Å². The second-order valence-corrected chi connectivity index (χ2v) is 5.43. The molecular formula is C17H20FNO. The second kappa shape index (κ2) is 5.90. The maximum absolute atomic E-state index is 13.9. The van der Waals surface area contributed by atoms with Gasteiger partial charge in [0.2, 0.25) is 0 Å². The van der Waals surface area contributed by atoms with Gasteiger partial charge in [-0.15, -0.1) is 0 Å². The number of fused-ring (bicyclic) bond motifs is 1. The number of hydrogen-bond donors (Lipinski definition) is 1. The average Bonchev–Trinajstić information content (AvgIpc) is 2.52. The highest BCUT2D eigenvalue weighted by molar-refractivity contribution is 5.86. The first-order chi connectivity index (χ1) is 9.81. The molecule has 1 aliphatic heterocycles. The summed E-state index contributed by atoms with van der Waals surface area (Å²) in [5.41, 5.74) is 1.17. The molecule has 0 radical (unpaired) electrons. The molecule has 20 heavy (non-hydrogen) atoms. The van der Waals surface area contributed by atoms with Gasteiger partial charge in [0.1, 0.15) is 5.82 Å². The van der Waals surface area contributed by atoms with Crippen LogP contribution < -0.4 is 5.32 Å². The van der Waals surface area contributed by atoms with E-state index in [0.717, 1.165) is 31.4 Å². The minimum absolute atomic E-state index is 0.154. The lowest BCUT2D eigenvalue weighted by Gasteiger charge is -2.31. The Balaban J connectivity index is 2.05. The van der Waals surface area contributed by atoms with Crippen molar-refractivity contribution in [3.63, 3.8) is 0 Å². The summed E-state index contributed by atoms with van der Waals surface area (Å²) < 4.78 is 19.5. The first-order valence-electron chi connectivity index (χ1n) is 7.23. The molecule has 3 heteroatoms. The molecule has 1 N–H and O–H groups in total. The zero-order valence-electron chi connectivity index (χ0n) is 11.7. The molecule has 1 saturated heterocycles. The van der Waals surface area contributed by atoms with Crippen molar-refractivity contribution in [1.29, 1.82) is 0 Å². The third-order valence-electron chi connectivity index (χ3n) is 4.22. The Morgan fingerprint density at radius 2 is 2.00 bits per heavy atom. The molecule has 0 amide bonds. The van der Waals surface area contributed by atoms with Crippen molar-refractivity contribution >= 4 is 10.8 Å². The van der Waals surface area contributed by atoms with Gasteiger partial charge < -0.3 is 10.1 Å². The van der Waals surface area contributed by atoms with E-state index in [1.165, 1.54) is 5.56 Å². The van der Waals surface area contributed by atoms with E-state index in [9.17, 15) is 4.39 Å². The first-order valence-corrected chi connectivity index (χ1v) is 7.23. The van der Waals surface area contributed by atoms with E-state index in [2.05, 4.69) is 5.32 Å². The van der Waals surface area contributed by atoms with Crippen LogP contribution in [0.25, 0.3) is 10.8 Å². The molecule has 0 aliphatic carbocycles. The molecule has 2 unspecified atom stereocenters. The molecule has 1 heterocycles. The molecule has 2 aromatic rings. The van der Waals surface area contributed by atoms with E-state index in [0.29, 0.717) is 11.3 Å². The van der Waals surface area contributed by atoms with E-state index in [-0.39, 0.29) is 11.9 Å². The van der Waals surface area contributed by atoms with E-state index in [4.69, 9.17) is 4.74 Å². The maximum Gasteiger partial charge on any atom is 0.131 e. The number of hydrogen-bond acceptors (Lipinski definition) is 2. The smallest absolute Gasteiger partial charge is 0.131 e. The van der Waals surface area contributed by atoms with Crippen LogP contribution in [0.15, 0.2) is 36.4 Å². The van der Waals surface area contributed by atoms with Crippen LogP contribution in [0.4, 0.5) is 4.39 Å². The number of ether oxygens (including phenoxy) is 1. The van der Waals surface area contributed by atoms with Gasteiger partial charge >= 0.3 is 0 Å². The Kier molecular flexibility index (Phi) is 3.99. The van der Waals surface area contributed by atoms with E-state index in [1.807, 2.05) is 37.4 Å². The number of halogens is 1. The lowest BCUT2D eigenvalue weighted by Crippen LogP contribution is -2.31. The molecule has 0 spiro atoms. The van der Waals surface area contributed by atoms with Gasteiger partial charge in [0.05, 0.1) is 6.61 Å². The first kappa shape index (κ1) is 13.5. The van der Waals surface area contributed by atoms with Gasteiger partial charge in [-0.2, -0.15) is 0 Å². The predicted molar refractivity (Wildman–Crippen MR) is 79.2 cm³/mol. The summed E-state index contributed by atoms with van der Waals surface area (Å²) in [5.74, 6) is 0.293. The summed E-state index contributed by atoms with van der Waals surface area (Å²) in [6, 6.07) is 11.4. The summed E-state index contributed by atoms with van der Waals surface area (Å²) in [6.45, 7) is 1.63. The zero-order chi connectivity index (χ0) is 13.9. The standard InChI is InChI=1S/C17H20FNO/c1-19-17(12-5-4-10-20-11-12)15-8-9-16(18)14-7-3-2-6-13(14)15/h2-3,6-9,12,17,19H,4-5,10-11H2,1H3. The van der Waals surface area contributed by atoms with E-state index >= 15 is 0 Å². The summed E-state index contributed by atoms with van der Waals surface area (Å²) in [5, 5.41) is 5.09. The SMILES string of the molecule is CNC(c1ccc(F)c2ccccc12)C1CCCOC1. The Bertz CT molecular complexity index is 593. The van der Waals surface area contributed by atoms with E-state index in [1.54, 1.807) is 6.07 Å². The van der Waals surface area contributed by atoms with Crippen LogP contribution in [0.3, 0.4) is 0 Å². The van der Waals surface area contributed by atoms with Gasteiger partial charge in [0.15, 0.2) is 0 Å². The van der Waals surface area contributed by atoms with Gasteiger partial charge in [-0.3, -0.25) is 0 Å². The number of benzene rings is 2. The number of rotatable bonds is 3. The predicted octanol–water partition coefficient (Wildman–Crippen LogP) is 3.67. The molecule has 2 aromatic carbocycles. The average molecular weight is 273 g/mol. The molecule has 3 rings (SSSR count). The van der Waals surface area contributed by atoms with Crippen LogP contribution in [-0.4, -0.2) is 20.3 Å². The highest BCUT2D eigenvalue weighted by atomic mass is 19.1. The number of nitrogens with one attached hydrogen (secondary N) is 1. The summed E-state index contributed by atoms with van der Waals surface area (Å²) in [4.78, 5) is 0. The molecule has 106 valence electrons. The van der Waals surface area contributed by atoms with Gasteiger partial charge in [-0.05, 0) is 36.9 Å². The largest absolute Gasteiger partial charge is 0.381 e. The fourth-order valence-corrected chi connectivity index (χ4v) is 3.23. The van der Waals surface area contributed by atoms with Crippen LogP contribution in [0.2, 0.25) is 0 Å². The van der Waals surface area contributed by atoms with Crippen molar-refractivity contribution < 1.29 is 9.13 Å². The van der Waals surface area contributed by atoms with Crippen LogP contribution >= 0.6 is 0 Å². The Morgan fingerprint density at radius 3 is 2.70 bits per heavy atom. The third kappa shape index (κ3) is 2.43. The Hall–Kier alpha value is -1.45. The summed E-state index contributed by atoms with van der Waals surface area (Å²) in [6.07, 6.45) is 2.25. The normalized spacial score (nSPS) is 21.0. The fourth-order valence-electron chi connectivity index (χ4n) is 3.23. The molecular weight excluding hydrogens is 253 g/mol. The highest BCUT2D eigenvalue weighted by Gasteiger charge is 2.25. The molecule has 0 saturated carbocycles. The lowest BCUT2D eigenvalue weighted by molar-refractivity contribution is 0.0404. The van der Waals surface area contributed by atoms with Crippen LogP contribution in [-0.2, 0) is 4.74 Å². The fraction of sp³-hybridized carbons (Fsp3) is 0.412. The van der Waals surface area contributed by atoms with Gasteiger partial charge in [-0.25, -0.2) is 4.39 Å². The van der Waals surface area contributed by atoms with Crippen molar-refractivity contribution in [1.82, 2.24) is 5.32 Å². The summed E-state index contributed by atoms with van der Waals surface area (Å²) >= 11 is 0. The Morgan fingerprint density at radius 1 is 1.20 bits per heavy atom. The molecule has 0 bridgehead atoms. The Labute approximate surface area is 118 Å². The van der Waals surface area contributed by atoms with Crippen LogP contribution in [0.1, 0.15) is 24.4 Å². The van der Waals surface area contributed by atoms with Crippen molar-refractivity contribution in [3.05, 3.63) is 47.8 Å².